The lowest BCUT2D eigenvalue weighted by atomic mass is 10.0. The summed E-state index contributed by atoms with van der Waals surface area (Å²) in [6.07, 6.45) is 1.56. The Kier molecular flexibility index (Phi) is 10.8. The fourth-order valence-corrected chi connectivity index (χ4v) is 7.57. The van der Waals surface area contributed by atoms with Crippen LogP contribution in [0.1, 0.15) is 31.7 Å². The number of hydrogen-bond acceptors (Lipinski definition) is 11. The van der Waals surface area contributed by atoms with E-state index in [1.165, 1.54) is 4.90 Å². The number of carbonyl (C=O) groups is 3. The highest BCUT2D eigenvalue weighted by Crippen LogP contribution is 2.52. The summed E-state index contributed by atoms with van der Waals surface area (Å²) in [4.78, 5) is 44.2. The van der Waals surface area contributed by atoms with Crippen LogP contribution in [0.3, 0.4) is 0 Å². The summed E-state index contributed by atoms with van der Waals surface area (Å²) in [5, 5.41) is 29.4. The van der Waals surface area contributed by atoms with Crippen molar-refractivity contribution in [3.05, 3.63) is 35.9 Å². The minimum atomic E-state index is -1.03. The van der Waals surface area contributed by atoms with Crippen LogP contribution < -0.4 is 5.32 Å². The van der Waals surface area contributed by atoms with Gasteiger partial charge in [0.15, 0.2) is 0 Å². The number of esters is 1. The Bertz CT molecular complexity index is 885. The molecule has 2 saturated heterocycles. The number of aryl methyl sites for hydroxylation is 1. The molecule has 2 heterocycles. The lowest BCUT2D eigenvalue weighted by Gasteiger charge is -2.28. The second-order valence-electron chi connectivity index (χ2n) is 8.70. The van der Waals surface area contributed by atoms with E-state index >= 15 is 0 Å². The van der Waals surface area contributed by atoms with E-state index in [1.807, 2.05) is 30.3 Å². The molecule has 2 fully saturated rings. The molecule has 0 aliphatic carbocycles. The normalized spacial score (nSPS) is 20.6. The number of nitrogens with one attached hydrogen (secondary N) is 1. The van der Waals surface area contributed by atoms with E-state index in [2.05, 4.69) is 10.2 Å². The average Bonchev–Trinajstić information content (AvgIpc) is 3.47. The van der Waals surface area contributed by atoms with E-state index in [0.29, 0.717) is 25.8 Å². The quantitative estimate of drug-likeness (QED) is 0.163. The van der Waals surface area contributed by atoms with Crippen molar-refractivity contribution in [2.75, 3.05) is 31.3 Å². The SMILES string of the molecule is CC(NC(CCc1ccccc1)C(=O)O)C(=O)N1CC2(CC1C(=O)OCCCON(O)O)SCCS2. The Morgan fingerprint density at radius 2 is 1.89 bits per heavy atom. The first-order valence-electron chi connectivity index (χ1n) is 11.8. The number of ether oxygens (including phenoxy) is 1. The first-order valence-corrected chi connectivity index (χ1v) is 13.8. The predicted octanol–water partition coefficient (Wildman–Crippen LogP) is 1.77. The number of aliphatic carboxylic acids is 1. The highest BCUT2D eigenvalue weighted by Gasteiger charge is 2.52. The van der Waals surface area contributed by atoms with Gasteiger partial charge < -0.3 is 14.7 Å². The Labute approximate surface area is 218 Å². The van der Waals surface area contributed by atoms with Crippen molar-refractivity contribution < 1.29 is 39.5 Å². The van der Waals surface area contributed by atoms with Gasteiger partial charge in [0.25, 0.3) is 0 Å². The number of hydrogen-bond donors (Lipinski definition) is 4. The van der Waals surface area contributed by atoms with Crippen LogP contribution in [0, 0.1) is 0 Å². The van der Waals surface area contributed by atoms with Gasteiger partial charge in [-0.1, -0.05) is 30.3 Å². The molecule has 0 bridgehead atoms. The molecule has 0 saturated carbocycles. The third-order valence-corrected chi connectivity index (χ3v) is 9.51. The molecular formula is C23H33N3O8S2. The fraction of sp³-hybridized carbons (Fsp3) is 0.609. The van der Waals surface area contributed by atoms with Crippen LogP contribution in [0.2, 0.25) is 0 Å². The fourth-order valence-electron chi connectivity index (χ4n) is 4.32. The van der Waals surface area contributed by atoms with Crippen LogP contribution in [-0.4, -0.2) is 97.1 Å². The van der Waals surface area contributed by atoms with E-state index in [-0.39, 0.29) is 29.6 Å². The Balaban J connectivity index is 1.61. The summed E-state index contributed by atoms with van der Waals surface area (Å²) in [5.74, 6) is -0.0533. The van der Waals surface area contributed by atoms with Gasteiger partial charge in [0.05, 0.1) is 28.7 Å². The molecule has 1 amide bonds. The molecule has 1 spiro atoms. The second-order valence-corrected chi connectivity index (χ2v) is 11.9. The highest BCUT2D eigenvalue weighted by atomic mass is 32.2. The van der Waals surface area contributed by atoms with Crippen molar-refractivity contribution in [2.24, 2.45) is 0 Å². The molecule has 36 heavy (non-hydrogen) atoms. The van der Waals surface area contributed by atoms with Crippen molar-refractivity contribution in [3.63, 3.8) is 0 Å². The zero-order valence-corrected chi connectivity index (χ0v) is 21.7. The molecule has 3 rings (SSSR count). The van der Waals surface area contributed by atoms with Crippen LogP contribution in [-0.2, 0) is 30.4 Å². The molecular weight excluding hydrogens is 510 g/mol. The minimum Gasteiger partial charge on any atom is -0.480 e. The molecule has 3 atom stereocenters. The number of carbonyl (C=O) groups excluding carboxylic acids is 2. The molecule has 2 aliphatic rings. The van der Waals surface area contributed by atoms with Crippen LogP contribution in [0.15, 0.2) is 30.3 Å². The van der Waals surface area contributed by atoms with Gasteiger partial charge in [-0.2, -0.15) is 0 Å². The van der Waals surface area contributed by atoms with Crippen molar-refractivity contribution in [2.45, 2.75) is 54.8 Å². The van der Waals surface area contributed by atoms with Gasteiger partial charge in [0.2, 0.25) is 5.91 Å². The molecule has 11 nitrogen and oxygen atoms in total. The standard InChI is InChI=1S/C23H33N3O8S2/c1-16(24-18(21(28)29)9-8-17-6-3-2-4-7-17)20(27)25-15-23(35-12-13-36-23)14-19(25)22(30)33-10-5-11-34-26(31)32/h2-4,6-7,16,18-19,24,31-32H,5,8-15H2,1H3,(H,28,29). The van der Waals surface area contributed by atoms with Crippen molar-refractivity contribution in [1.29, 1.82) is 0 Å². The van der Waals surface area contributed by atoms with Crippen molar-refractivity contribution >= 4 is 41.4 Å². The third kappa shape index (κ3) is 8.07. The Hall–Kier alpha value is -1.87. The number of carboxylic acid groups (broad SMARTS) is 1. The van der Waals surface area contributed by atoms with Gasteiger partial charge >= 0.3 is 11.9 Å². The van der Waals surface area contributed by atoms with Gasteiger partial charge in [-0.15, -0.1) is 23.5 Å². The first kappa shape index (κ1) is 28.7. The van der Waals surface area contributed by atoms with E-state index in [1.54, 1.807) is 30.4 Å². The molecule has 13 heteroatoms. The monoisotopic (exact) mass is 543 g/mol. The van der Waals surface area contributed by atoms with E-state index in [4.69, 9.17) is 15.2 Å². The molecule has 3 unspecified atom stereocenters. The molecule has 4 N–H and O–H groups in total. The Morgan fingerprint density at radius 3 is 2.53 bits per heavy atom. The molecule has 2 aliphatic heterocycles. The summed E-state index contributed by atoms with van der Waals surface area (Å²) in [7, 11) is 0. The lowest BCUT2D eigenvalue weighted by Crippen LogP contribution is -2.53. The van der Waals surface area contributed by atoms with Gasteiger partial charge in [0.1, 0.15) is 12.1 Å². The zero-order chi connectivity index (χ0) is 26.1. The van der Waals surface area contributed by atoms with E-state index in [9.17, 15) is 19.5 Å². The topological polar surface area (TPSA) is 149 Å². The highest BCUT2D eigenvalue weighted by molar-refractivity contribution is 8.21. The smallest absolute Gasteiger partial charge is 0.328 e. The van der Waals surface area contributed by atoms with Crippen molar-refractivity contribution in [1.82, 2.24) is 15.6 Å². The second kappa shape index (κ2) is 13.6. The van der Waals surface area contributed by atoms with E-state index < -0.39 is 35.5 Å². The van der Waals surface area contributed by atoms with E-state index in [0.717, 1.165) is 17.1 Å². The number of nitrogens with zero attached hydrogens (tertiary/aromatic N) is 2. The zero-order valence-electron chi connectivity index (χ0n) is 20.1. The average molecular weight is 544 g/mol. The van der Waals surface area contributed by atoms with Gasteiger partial charge in [-0.05, 0) is 25.3 Å². The molecule has 1 aromatic carbocycles. The summed E-state index contributed by atoms with van der Waals surface area (Å²) < 4.78 is 5.07. The maximum Gasteiger partial charge on any atom is 0.328 e. The minimum absolute atomic E-state index is 0.00708. The largest absolute Gasteiger partial charge is 0.480 e. The van der Waals surface area contributed by atoms with Crippen LogP contribution in [0.4, 0.5) is 0 Å². The molecule has 200 valence electrons. The lowest BCUT2D eigenvalue weighted by molar-refractivity contribution is -0.492. The number of benzene rings is 1. The van der Waals surface area contributed by atoms with Crippen LogP contribution in [0.25, 0.3) is 0 Å². The number of rotatable bonds is 13. The summed E-state index contributed by atoms with van der Waals surface area (Å²) in [5.41, 5.74) is 1.01. The maximum absolute atomic E-state index is 13.4. The predicted molar refractivity (Wildman–Crippen MR) is 133 cm³/mol. The molecule has 0 aromatic heterocycles. The summed E-state index contributed by atoms with van der Waals surface area (Å²) in [6.45, 7) is 1.92. The summed E-state index contributed by atoms with van der Waals surface area (Å²) in [6, 6.07) is 7.05. The van der Waals surface area contributed by atoms with Gasteiger partial charge in [0, 0.05) is 30.9 Å². The van der Waals surface area contributed by atoms with Crippen LogP contribution >= 0.6 is 23.5 Å². The number of amides is 1. The summed E-state index contributed by atoms with van der Waals surface area (Å²) >= 11 is 3.46. The molecule has 1 aromatic rings. The maximum atomic E-state index is 13.4. The Morgan fingerprint density at radius 1 is 1.19 bits per heavy atom. The number of carboxylic acids is 1. The number of thioether (sulfide) groups is 2. The number of likely N-dealkylation sites (tertiary alicyclic amines) is 1. The molecule has 0 radical (unpaired) electrons. The van der Waals surface area contributed by atoms with Gasteiger partial charge in [-0.25, -0.2) is 4.79 Å². The van der Waals surface area contributed by atoms with Crippen LogP contribution in [0.5, 0.6) is 0 Å². The first-order chi connectivity index (χ1) is 17.2. The third-order valence-electron chi connectivity index (χ3n) is 6.08. The van der Waals surface area contributed by atoms with Gasteiger partial charge in [-0.3, -0.25) is 30.2 Å². The van der Waals surface area contributed by atoms with Crippen molar-refractivity contribution in [3.8, 4) is 0 Å².